The van der Waals surface area contributed by atoms with Crippen LogP contribution in [0.25, 0.3) is 0 Å². The van der Waals surface area contributed by atoms with Crippen molar-refractivity contribution in [3.8, 4) is 5.75 Å². The smallest absolute Gasteiger partial charge is 0.305 e. The first-order chi connectivity index (χ1) is 25.5. The molecule has 0 heterocycles. The molecule has 1 rings (SSSR count). The Morgan fingerprint density at radius 3 is 1.58 bits per heavy atom. The van der Waals surface area contributed by atoms with Crippen LogP contribution in [0.5, 0.6) is 5.75 Å². The Balaban J connectivity index is 3.25. The highest BCUT2D eigenvalue weighted by Crippen LogP contribution is 2.14. The van der Waals surface area contributed by atoms with Crippen LogP contribution in [0.15, 0.2) is 24.3 Å². The van der Waals surface area contributed by atoms with Gasteiger partial charge in [-0.1, -0.05) is 60.1 Å². The highest BCUT2D eigenvalue weighted by atomic mass is 16.4. The highest BCUT2D eigenvalue weighted by molar-refractivity contribution is 5.97. The molecule has 0 fully saturated rings. The van der Waals surface area contributed by atoms with Crippen molar-refractivity contribution in [2.75, 3.05) is 0 Å². The van der Waals surface area contributed by atoms with Crippen molar-refractivity contribution < 1.29 is 48.6 Å². The van der Waals surface area contributed by atoms with Crippen molar-refractivity contribution in [1.29, 1.82) is 0 Å². The van der Waals surface area contributed by atoms with Gasteiger partial charge in [0.2, 0.25) is 41.4 Å². The Morgan fingerprint density at radius 2 is 1.09 bits per heavy atom. The molecule has 18 heteroatoms. The van der Waals surface area contributed by atoms with Crippen LogP contribution in [0.2, 0.25) is 0 Å². The third-order valence-corrected chi connectivity index (χ3v) is 8.69. The van der Waals surface area contributed by atoms with Crippen LogP contribution in [0.4, 0.5) is 0 Å². The maximum absolute atomic E-state index is 13.7. The summed E-state index contributed by atoms with van der Waals surface area (Å²) in [5.74, 6) is -7.42. The number of carboxylic acids is 1. The summed E-state index contributed by atoms with van der Waals surface area (Å²) in [6.45, 7) is 13.5. The molecule has 1 aromatic rings. The molecule has 55 heavy (non-hydrogen) atoms. The van der Waals surface area contributed by atoms with Gasteiger partial charge in [-0.25, -0.2) is 0 Å². The van der Waals surface area contributed by atoms with Gasteiger partial charge in [0.15, 0.2) is 0 Å². The first kappa shape index (κ1) is 47.8. The van der Waals surface area contributed by atoms with Crippen LogP contribution in [0.1, 0.15) is 86.6 Å². The summed E-state index contributed by atoms with van der Waals surface area (Å²) in [6, 6.07) is -2.54. The molecule has 0 aliphatic heterocycles. The normalized spacial score (nSPS) is 15.5. The third-order valence-electron chi connectivity index (χ3n) is 8.69. The number of aromatic hydroxyl groups is 1. The Morgan fingerprint density at radius 1 is 0.618 bits per heavy atom. The molecule has 8 atom stereocenters. The zero-order valence-electron chi connectivity index (χ0n) is 32.9. The van der Waals surface area contributed by atoms with E-state index in [-0.39, 0.29) is 36.8 Å². The van der Waals surface area contributed by atoms with Crippen molar-refractivity contribution in [2.45, 2.75) is 130 Å². The lowest BCUT2D eigenvalue weighted by atomic mass is 9.96. The van der Waals surface area contributed by atoms with Crippen LogP contribution in [-0.2, 0) is 44.8 Å². The molecule has 0 spiro atoms. The van der Waals surface area contributed by atoms with Gasteiger partial charge in [-0.2, -0.15) is 0 Å². The van der Waals surface area contributed by atoms with Crippen LogP contribution in [0, 0.1) is 17.8 Å². The van der Waals surface area contributed by atoms with Gasteiger partial charge in [-0.05, 0) is 62.1 Å². The number of rotatable bonds is 23. The van der Waals surface area contributed by atoms with Gasteiger partial charge in [0, 0.05) is 6.42 Å². The van der Waals surface area contributed by atoms with E-state index in [1.165, 1.54) is 26.0 Å². The summed E-state index contributed by atoms with van der Waals surface area (Å²) < 4.78 is 0. The first-order valence-corrected chi connectivity index (χ1v) is 18.4. The number of aliphatic carboxylic acids is 1. The van der Waals surface area contributed by atoms with E-state index in [0.717, 1.165) is 0 Å². The topological polar surface area (TPSA) is 301 Å². The largest absolute Gasteiger partial charge is 0.508 e. The second-order valence-electron chi connectivity index (χ2n) is 14.8. The van der Waals surface area contributed by atoms with Gasteiger partial charge in [0.1, 0.15) is 42.0 Å². The fourth-order valence-corrected chi connectivity index (χ4v) is 5.35. The summed E-state index contributed by atoms with van der Waals surface area (Å²) >= 11 is 0. The van der Waals surface area contributed by atoms with E-state index in [0.29, 0.717) is 12.0 Å². The molecule has 0 aliphatic rings. The maximum Gasteiger partial charge on any atom is 0.305 e. The van der Waals surface area contributed by atoms with Crippen LogP contribution in [-0.4, -0.2) is 99.8 Å². The number of phenols is 1. The molecule has 308 valence electrons. The number of carboxylic acid groups (broad SMARTS) is 1. The Kier molecular flexibility index (Phi) is 19.8. The van der Waals surface area contributed by atoms with Crippen molar-refractivity contribution in [3.63, 3.8) is 0 Å². The standard InChI is InChI=1S/C37H60N8O10/c1-9-20(6)30(45-36(54)26(15-19(4)5)44-35(53)28(17-29(47)48)42-32(50)21(7)38)37(55)40-22(8)33(51)43-27(16-23-10-12-24(46)13-11-23)34(52)41-25(31(39)49)14-18(2)3/h10-13,18-22,25-28,30,46H,9,14-17,38H2,1-8H3,(H2,39,49)(H,40,55)(H,41,52)(H,42,50)(H,43,51)(H,44,53)(H,45,54)(H,47,48)/t20-,21+,22-,25-,26-,27-,28-,30-/m0/s1. The highest BCUT2D eigenvalue weighted by Gasteiger charge is 2.35. The number of benzene rings is 1. The van der Waals surface area contributed by atoms with E-state index < -0.39 is 102 Å². The number of amides is 7. The quantitative estimate of drug-likeness (QED) is 0.0663. The minimum Gasteiger partial charge on any atom is -0.508 e. The lowest BCUT2D eigenvalue weighted by Crippen LogP contribution is -2.60. The Hall–Kier alpha value is -5.26. The number of hydrogen-bond acceptors (Lipinski definition) is 10. The molecule has 18 nitrogen and oxygen atoms in total. The van der Waals surface area contributed by atoms with Gasteiger partial charge in [-0.3, -0.25) is 38.4 Å². The summed E-state index contributed by atoms with van der Waals surface area (Å²) in [5, 5.41) is 34.2. The summed E-state index contributed by atoms with van der Waals surface area (Å²) in [7, 11) is 0. The summed E-state index contributed by atoms with van der Waals surface area (Å²) in [6.07, 6.45) is -0.0620. The van der Waals surface area contributed by atoms with Gasteiger partial charge in [-0.15, -0.1) is 0 Å². The molecule has 0 saturated heterocycles. The van der Waals surface area contributed by atoms with E-state index in [2.05, 4.69) is 31.9 Å². The third kappa shape index (κ3) is 17.2. The summed E-state index contributed by atoms with van der Waals surface area (Å²) in [4.78, 5) is 103. The fourth-order valence-electron chi connectivity index (χ4n) is 5.35. The number of nitrogens with two attached hydrogens (primary N) is 2. The van der Waals surface area contributed by atoms with E-state index in [1.807, 2.05) is 13.8 Å². The molecule has 1 aromatic carbocycles. The van der Waals surface area contributed by atoms with E-state index >= 15 is 0 Å². The van der Waals surface area contributed by atoms with Crippen LogP contribution < -0.4 is 43.4 Å². The van der Waals surface area contributed by atoms with E-state index in [1.54, 1.807) is 39.8 Å². The molecule has 0 aliphatic carbocycles. The number of nitrogens with one attached hydrogen (secondary N) is 6. The number of carbonyl (C=O) groups is 8. The number of hydrogen-bond donors (Lipinski definition) is 10. The van der Waals surface area contributed by atoms with Gasteiger partial charge >= 0.3 is 5.97 Å². The first-order valence-electron chi connectivity index (χ1n) is 18.4. The predicted molar refractivity (Wildman–Crippen MR) is 203 cm³/mol. The molecule has 0 saturated carbocycles. The van der Waals surface area contributed by atoms with Gasteiger partial charge < -0.3 is 53.6 Å². The zero-order chi connectivity index (χ0) is 42.2. The lowest BCUT2D eigenvalue weighted by molar-refractivity contribution is -0.141. The SMILES string of the molecule is CC[C@H](C)[C@H](NC(=O)[C@H](CC(C)C)NC(=O)[C@H](CC(=O)O)NC(=O)[C@@H](C)N)C(=O)N[C@@H](C)C(=O)N[C@@H](Cc1ccc(O)cc1)C(=O)N[C@@H](CC(C)C)C(N)=O. The molecule has 0 aromatic heterocycles. The van der Waals surface area contributed by atoms with Gasteiger partial charge in [0.25, 0.3) is 0 Å². The average Bonchev–Trinajstić information content (AvgIpc) is 3.08. The van der Waals surface area contributed by atoms with Crippen LogP contribution >= 0.6 is 0 Å². The molecular weight excluding hydrogens is 716 g/mol. The predicted octanol–water partition coefficient (Wildman–Crippen LogP) is -0.691. The fraction of sp³-hybridized carbons (Fsp3) is 0.622. The molecule has 7 amide bonds. The summed E-state index contributed by atoms with van der Waals surface area (Å²) in [5.41, 5.74) is 11.7. The van der Waals surface area contributed by atoms with Crippen molar-refractivity contribution in [2.24, 2.45) is 29.2 Å². The maximum atomic E-state index is 13.7. The average molecular weight is 777 g/mol. The lowest BCUT2D eigenvalue weighted by Gasteiger charge is -2.29. The van der Waals surface area contributed by atoms with E-state index in [9.17, 15) is 48.6 Å². The zero-order valence-corrected chi connectivity index (χ0v) is 32.9. The van der Waals surface area contributed by atoms with E-state index in [4.69, 9.17) is 11.5 Å². The van der Waals surface area contributed by atoms with Crippen molar-refractivity contribution in [3.05, 3.63) is 29.8 Å². The number of carbonyl (C=O) groups excluding carboxylic acids is 7. The minimum absolute atomic E-state index is 0.00948. The van der Waals surface area contributed by atoms with Crippen molar-refractivity contribution >= 4 is 47.3 Å². The van der Waals surface area contributed by atoms with Crippen LogP contribution in [0.3, 0.4) is 0 Å². The minimum atomic E-state index is -1.54. The second-order valence-corrected chi connectivity index (χ2v) is 14.8. The number of phenolic OH excluding ortho intramolecular Hbond substituents is 1. The molecule has 12 N–H and O–H groups in total. The second kappa shape index (κ2) is 22.8. The van der Waals surface area contributed by atoms with Crippen molar-refractivity contribution in [1.82, 2.24) is 31.9 Å². The molecule has 0 bridgehead atoms. The Bertz CT molecular complexity index is 1500. The molecule has 0 radical (unpaired) electrons. The molecular formula is C37H60N8O10. The van der Waals surface area contributed by atoms with Gasteiger partial charge in [0.05, 0.1) is 12.5 Å². The molecule has 0 unspecified atom stereocenters. The monoisotopic (exact) mass is 776 g/mol. The number of primary amides is 1. The Labute approximate surface area is 322 Å².